The van der Waals surface area contributed by atoms with Crippen LogP contribution in [0.25, 0.3) is 0 Å². The summed E-state index contributed by atoms with van der Waals surface area (Å²) in [5.74, 6) is 1.55. The molecule has 0 radical (unpaired) electrons. The molecule has 0 amide bonds. The van der Waals surface area contributed by atoms with Gasteiger partial charge in [0, 0.05) is 74.4 Å². The first-order valence-electron chi connectivity index (χ1n) is 17.1. The van der Waals surface area contributed by atoms with Gasteiger partial charge < -0.3 is 23.8 Å². The first-order valence-corrected chi connectivity index (χ1v) is 18.0. The Morgan fingerprint density at radius 1 is 0.750 bits per heavy atom. The SMILES string of the molecule is CC(C)(C)N1CCOC(c2cccc(O)c2)C1.CC(C)(C)N1CCOC(c2nccs2)C1.Cc1nc(C2CN(C(C)(C)C)CCO2)no1. The van der Waals surface area contributed by atoms with E-state index in [1.54, 1.807) is 30.4 Å². The van der Waals surface area contributed by atoms with Gasteiger partial charge in [-0.15, -0.1) is 11.3 Å². The maximum atomic E-state index is 9.50. The van der Waals surface area contributed by atoms with Crippen molar-refractivity contribution in [3.63, 3.8) is 0 Å². The summed E-state index contributed by atoms with van der Waals surface area (Å²) in [5, 5.41) is 16.5. The van der Waals surface area contributed by atoms with E-state index in [9.17, 15) is 5.11 Å². The first-order chi connectivity index (χ1) is 22.5. The Balaban J connectivity index is 0.000000163. The van der Waals surface area contributed by atoms with E-state index in [2.05, 4.69) is 92.1 Å². The van der Waals surface area contributed by atoms with Crippen LogP contribution < -0.4 is 0 Å². The Labute approximate surface area is 291 Å². The fourth-order valence-corrected chi connectivity index (χ4v) is 6.52. The molecule has 48 heavy (non-hydrogen) atoms. The van der Waals surface area contributed by atoms with Gasteiger partial charge in [0.05, 0.1) is 25.9 Å². The van der Waals surface area contributed by atoms with Gasteiger partial charge >= 0.3 is 0 Å². The third kappa shape index (κ3) is 11.3. The smallest absolute Gasteiger partial charge is 0.223 e. The van der Waals surface area contributed by atoms with Gasteiger partial charge in [0.15, 0.2) is 0 Å². The quantitative estimate of drug-likeness (QED) is 0.329. The molecule has 268 valence electrons. The van der Waals surface area contributed by atoms with Crippen LogP contribution in [-0.2, 0) is 14.2 Å². The Morgan fingerprint density at radius 2 is 1.27 bits per heavy atom. The summed E-state index contributed by atoms with van der Waals surface area (Å²) in [6.45, 7) is 29.7. The van der Waals surface area contributed by atoms with Crippen LogP contribution in [0.5, 0.6) is 5.75 Å². The number of aryl methyl sites for hydroxylation is 1. The standard InChI is InChI=1S/C14H21NO2.C11H19N3O2.C11H18N2OS/c1-14(2,3)15-7-8-17-13(10-15)11-5-4-6-12(16)9-11;1-8-12-10(13-16-8)9-7-14(5-6-15-9)11(2,3)4;1-11(2,3)13-5-6-14-9(8-13)10-12-4-7-15-10/h4-6,9,13,16H,7-8,10H2,1-3H3;9H,5-7H2,1-4H3;4,7,9H,5-6,8H2,1-3H3. The fourth-order valence-electron chi connectivity index (χ4n) is 5.85. The lowest BCUT2D eigenvalue weighted by atomic mass is 10.0. The maximum Gasteiger partial charge on any atom is 0.223 e. The van der Waals surface area contributed by atoms with Crippen LogP contribution in [0.2, 0.25) is 0 Å². The number of nitrogens with zero attached hydrogens (tertiary/aromatic N) is 6. The average Bonchev–Trinajstić information content (AvgIpc) is 3.74. The van der Waals surface area contributed by atoms with Crippen molar-refractivity contribution in [2.75, 3.05) is 59.1 Å². The number of ether oxygens (including phenoxy) is 3. The average molecular weight is 687 g/mol. The lowest BCUT2D eigenvalue weighted by molar-refractivity contribution is -0.0638. The molecular weight excluding hydrogens is 629 g/mol. The molecule has 1 N–H and O–H groups in total. The Bertz CT molecular complexity index is 1380. The molecule has 12 heteroatoms. The number of hydrogen-bond acceptors (Lipinski definition) is 12. The summed E-state index contributed by atoms with van der Waals surface area (Å²) in [6.07, 6.45) is 2.01. The second-order valence-electron chi connectivity index (χ2n) is 15.6. The van der Waals surface area contributed by atoms with Crippen molar-refractivity contribution >= 4 is 11.3 Å². The lowest BCUT2D eigenvalue weighted by Crippen LogP contribution is -2.49. The van der Waals surface area contributed by atoms with Gasteiger partial charge in [-0.2, -0.15) is 4.98 Å². The van der Waals surface area contributed by atoms with Crippen LogP contribution in [-0.4, -0.2) is 111 Å². The van der Waals surface area contributed by atoms with Crippen LogP contribution in [0.4, 0.5) is 0 Å². The molecule has 0 aliphatic carbocycles. The van der Waals surface area contributed by atoms with Crippen LogP contribution in [0.15, 0.2) is 40.4 Å². The van der Waals surface area contributed by atoms with Crippen LogP contribution in [0.1, 0.15) is 103 Å². The number of benzene rings is 1. The molecule has 11 nitrogen and oxygen atoms in total. The molecule has 3 atom stereocenters. The van der Waals surface area contributed by atoms with E-state index in [0.717, 1.165) is 69.7 Å². The third-order valence-corrected chi connectivity index (χ3v) is 9.71. The van der Waals surface area contributed by atoms with Crippen LogP contribution in [0.3, 0.4) is 0 Å². The fraction of sp³-hybridized carbons (Fsp3) is 0.694. The topological polar surface area (TPSA) is 109 Å². The van der Waals surface area contributed by atoms with Gasteiger partial charge in [0.25, 0.3) is 0 Å². The predicted octanol–water partition coefficient (Wildman–Crippen LogP) is 6.43. The molecule has 3 fully saturated rings. The molecular formula is C36H58N6O5S. The first kappa shape index (κ1) is 38.4. The van der Waals surface area contributed by atoms with Gasteiger partial charge in [-0.05, 0) is 80.0 Å². The number of phenolic OH excluding ortho intramolecular Hbond substituents is 1. The summed E-state index contributed by atoms with van der Waals surface area (Å²) >= 11 is 1.68. The normalized spacial score (nSPS) is 23.5. The van der Waals surface area contributed by atoms with E-state index < -0.39 is 0 Å². The molecule has 3 aromatic rings. The summed E-state index contributed by atoms with van der Waals surface area (Å²) in [4.78, 5) is 15.8. The van der Waals surface area contributed by atoms with Gasteiger partial charge in [-0.3, -0.25) is 14.7 Å². The molecule has 1 aromatic carbocycles. The van der Waals surface area contributed by atoms with Crippen molar-refractivity contribution in [2.45, 2.75) is 104 Å². The number of morpholine rings is 3. The zero-order chi connectivity index (χ0) is 35.1. The van der Waals surface area contributed by atoms with E-state index in [4.69, 9.17) is 18.7 Å². The van der Waals surface area contributed by atoms with Gasteiger partial charge in [-0.25, -0.2) is 4.98 Å². The highest BCUT2D eigenvalue weighted by atomic mass is 32.1. The predicted molar refractivity (Wildman–Crippen MR) is 189 cm³/mol. The van der Waals surface area contributed by atoms with Gasteiger partial charge in [0.2, 0.25) is 11.7 Å². The zero-order valence-electron chi connectivity index (χ0n) is 30.7. The van der Waals surface area contributed by atoms with E-state index in [1.807, 2.05) is 23.7 Å². The van der Waals surface area contributed by atoms with E-state index in [0.29, 0.717) is 17.5 Å². The van der Waals surface area contributed by atoms with E-state index >= 15 is 0 Å². The monoisotopic (exact) mass is 686 g/mol. The molecule has 6 rings (SSSR count). The van der Waals surface area contributed by atoms with Crippen LogP contribution in [0, 0.1) is 6.92 Å². The number of aromatic nitrogens is 3. The molecule has 0 bridgehead atoms. The second kappa shape index (κ2) is 16.5. The van der Waals surface area contributed by atoms with Crippen LogP contribution >= 0.6 is 11.3 Å². The summed E-state index contributed by atoms with van der Waals surface area (Å²) in [7, 11) is 0. The summed E-state index contributed by atoms with van der Waals surface area (Å²) in [6, 6.07) is 7.35. The van der Waals surface area contributed by atoms with Crippen molar-refractivity contribution in [3.8, 4) is 5.75 Å². The Hall–Kier alpha value is -2.45. The largest absolute Gasteiger partial charge is 0.508 e. The van der Waals surface area contributed by atoms with Crippen molar-refractivity contribution in [1.29, 1.82) is 0 Å². The number of phenols is 1. The molecule has 3 saturated heterocycles. The number of rotatable bonds is 3. The van der Waals surface area contributed by atoms with Gasteiger partial charge in [0.1, 0.15) is 23.0 Å². The number of aromatic hydroxyl groups is 1. The Kier molecular flexibility index (Phi) is 13.2. The minimum Gasteiger partial charge on any atom is -0.508 e. The minimum absolute atomic E-state index is 0.0644. The molecule has 0 spiro atoms. The number of thiazole rings is 1. The maximum absolute atomic E-state index is 9.50. The highest BCUT2D eigenvalue weighted by Gasteiger charge is 2.32. The molecule has 0 saturated carbocycles. The highest BCUT2D eigenvalue weighted by Crippen LogP contribution is 2.29. The van der Waals surface area contributed by atoms with E-state index in [1.165, 1.54) is 0 Å². The molecule has 5 heterocycles. The highest BCUT2D eigenvalue weighted by molar-refractivity contribution is 7.09. The number of hydrogen-bond donors (Lipinski definition) is 1. The van der Waals surface area contributed by atoms with Gasteiger partial charge in [-0.1, -0.05) is 17.3 Å². The molecule has 3 aliphatic rings. The zero-order valence-corrected chi connectivity index (χ0v) is 31.5. The molecule has 3 unspecified atom stereocenters. The van der Waals surface area contributed by atoms with Crippen molar-refractivity contribution < 1.29 is 23.8 Å². The summed E-state index contributed by atoms with van der Waals surface area (Å²) in [5.41, 5.74) is 1.60. The third-order valence-electron chi connectivity index (χ3n) is 8.85. The van der Waals surface area contributed by atoms with Crippen molar-refractivity contribution in [3.05, 3.63) is 58.1 Å². The Morgan fingerprint density at radius 3 is 1.75 bits per heavy atom. The molecule has 2 aromatic heterocycles. The van der Waals surface area contributed by atoms with Crippen molar-refractivity contribution in [2.24, 2.45) is 0 Å². The second-order valence-corrected chi connectivity index (χ2v) is 16.5. The van der Waals surface area contributed by atoms with E-state index in [-0.39, 0.29) is 34.9 Å². The minimum atomic E-state index is -0.0644. The summed E-state index contributed by atoms with van der Waals surface area (Å²) < 4.78 is 22.2. The lowest BCUT2D eigenvalue weighted by Gasteiger charge is -2.41. The molecule has 3 aliphatic heterocycles. The van der Waals surface area contributed by atoms with Crippen molar-refractivity contribution in [1.82, 2.24) is 29.8 Å².